The number of aliphatic hydroxyl groups is 1. The van der Waals surface area contributed by atoms with Gasteiger partial charge < -0.3 is 15.2 Å². The first kappa shape index (κ1) is 17.9. The molecule has 6 rings (SSSR count). The van der Waals surface area contributed by atoms with Crippen molar-refractivity contribution in [1.29, 1.82) is 0 Å². The highest BCUT2D eigenvalue weighted by Crippen LogP contribution is 2.55. The van der Waals surface area contributed by atoms with E-state index in [9.17, 15) is 9.90 Å². The maximum Gasteiger partial charge on any atom is 0.255 e. The van der Waals surface area contributed by atoms with Gasteiger partial charge in [-0.05, 0) is 69.0 Å². The normalized spacial score (nSPS) is 39.7. The molecule has 2 N–H and O–H groups in total. The summed E-state index contributed by atoms with van der Waals surface area (Å²) in [6.07, 6.45) is 10.2. The lowest BCUT2D eigenvalue weighted by atomic mass is 9.52. The minimum atomic E-state index is -0.482. The molecule has 1 aromatic heterocycles. The minimum Gasteiger partial charge on any atom is -0.390 e. The van der Waals surface area contributed by atoms with Gasteiger partial charge in [-0.15, -0.1) is 0 Å². The number of carbonyl (C=O) groups excluding carboxylic acids is 1. The van der Waals surface area contributed by atoms with Gasteiger partial charge in [-0.2, -0.15) is 0 Å². The Kier molecular flexibility index (Phi) is 4.44. The van der Waals surface area contributed by atoms with Gasteiger partial charge in [-0.3, -0.25) is 4.79 Å². The van der Waals surface area contributed by atoms with Crippen LogP contribution in [0.1, 0.15) is 67.1 Å². The predicted octanol–water partition coefficient (Wildman–Crippen LogP) is 2.72. The lowest BCUT2D eigenvalue weighted by Gasteiger charge is -2.58. The summed E-state index contributed by atoms with van der Waals surface area (Å²) in [6.45, 7) is 0.719. The highest BCUT2D eigenvalue weighted by Gasteiger charge is 2.55. The first-order valence-corrected chi connectivity index (χ1v) is 11.3. The Hall–Kier alpha value is -1.18. The van der Waals surface area contributed by atoms with Crippen molar-refractivity contribution in [3.05, 3.63) is 17.5 Å². The lowest BCUT2D eigenvalue weighted by Crippen LogP contribution is -2.61. The number of rotatable bonds is 4. The quantitative estimate of drug-likeness (QED) is 0.608. The molecule has 146 valence electrons. The van der Waals surface area contributed by atoms with E-state index in [0.29, 0.717) is 28.5 Å². The number of hydrogen-bond acceptors (Lipinski definition) is 6. The van der Waals surface area contributed by atoms with Crippen LogP contribution in [0.3, 0.4) is 0 Å². The van der Waals surface area contributed by atoms with Crippen molar-refractivity contribution in [3.63, 3.8) is 0 Å². The molecule has 5 fully saturated rings. The summed E-state index contributed by atoms with van der Waals surface area (Å²) in [5.41, 5.74) is 0.794. The molecule has 4 aliphatic carbocycles. The van der Waals surface area contributed by atoms with Crippen LogP contribution in [-0.4, -0.2) is 45.5 Å². The molecule has 7 heteroatoms. The van der Waals surface area contributed by atoms with E-state index < -0.39 is 5.60 Å². The molecule has 1 aliphatic heterocycles. The predicted molar refractivity (Wildman–Crippen MR) is 101 cm³/mol. The molecule has 1 amide bonds. The lowest BCUT2D eigenvalue weighted by molar-refractivity contribution is -0.136. The van der Waals surface area contributed by atoms with E-state index in [-0.39, 0.29) is 18.1 Å². The van der Waals surface area contributed by atoms with E-state index in [1.807, 2.05) is 6.26 Å². The van der Waals surface area contributed by atoms with Gasteiger partial charge in [0, 0.05) is 18.8 Å². The fraction of sp³-hybridized carbons (Fsp3) is 0.750. The van der Waals surface area contributed by atoms with Crippen LogP contribution >= 0.6 is 11.8 Å². The smallest absolute Gasteiger partial charge is 0.255 e. The Morgan fingerprint density at radius 2 is 2.11 bits per heavy atom. The molecule has 4 saturated carbocycles. The van der Waals surface area contributed by atoms with Crippen molar-refractivity contribution in [2.75, 3.05) is 12.9 Å². The highest BCUT2D eigenvalue weighted by atomic mass is 32.2. The average Bonchev–Trinajstić information content (AvgIpc) is 3.17. The fourth-order valence-electron chi connectivity index (χ4n) is 6.14. The standard InChI is InChI=1S/C20H27N3O3S/c1-27-19-21-10-14(17(23-19)15-3-2-4-26-15)18(24)22-16-12-5-11-6-13(16)9-20(25,7-11)8-12/h10-13,15-16,25H,2-9H2,1H3,(H,22,24)/t11?,12?,13?,15-,16?,20?/m0/s1. The first-order valence-electron chi connectivity index (χ1n) is 10.1. The van der Waals surface area contributed by atoms with Crippen LogP contribution in [-0.2, 0) is 4.74 Å². The summed E-state index contributed by atoms with van der Waals surface area (Å²) < 4.78 is 5.81. The van der Waals surface area contributed by atoms with Crippen LogP contribution in [0.5, 0.6) is 0 Å². The summed E-state index contributed by atoms with van der Waals surface area (Å²) in [4.78, 5) is 22.1. The molecule has 2 heterocycles. The van der Waals surface area contributed by atoms with E-state index in [1.165, 1.54) is 11.8 Å². The number of nitrogens with zero attached hydrogens (tertiary/aromatic N) is 2. The van der Waals surface area contributed by atoms with Gasteiger partial charge in [-0.25, -0.2) is 9.97 Å². The second kappa shape index (κ2) is 6.71. The third kappa shape index (κ3) is 3.17. The Morgan fingerprint density at radius 1 is 1.33 bits per heavy atom. The van der Waals surface area contributed by atoms with Crippen LogP contribution in [0.15, 0.2) is 11.4 Å². The molecule has 0 radical (unpaired) electrons. The van der Waals surface area contributed by atoms with Crippen molar-refractivity contribution in [3.8, 4) is 0 Å². The number of aromatic nitrogens is 2. The molecule has 2 unspecified atom stereocenters. The van der Waals surface area contributed by atoms with Gasteiger partial charge in [-0.1, -0.05) is 11.8 Å². The van der Waals surface area contributed by atoms with Gasteiger partial charge in [0.1, 0.15) is 6.10 Å². The average molecular weight is 390 g/mol. The van der Waals surface area contributed by atoms with Crippen LogP contribution in [0.2, 0.25) is 0 Å². The third-order valence-corrected chi connectivity index (χ3v) is 7.56. The molecule has 3 atom stereocenters. The van der Waals surface area contributed by atoms with Crippen LogP contribution in [0.4, 0.5) is 0 Å². The van der Waals surface area contributed by atoms with E-state index in [4.69, 9.17) is 4.74 Å². The molecule has 5 aliphatic rings. The summed E-state index contributed by atoms with van der Waals surface area (Å²) in [5, 5.41) is 14.7. The van der Waals surface area contributed by atoms with Crippen molar-refractivity contribution < 1.29 is 14.6 Å². The zero-order chi connectivity index (χ0) is 18.6. The molecular weight excluding hydrogens is 362 g/mol. The number of carbonyl (C=O) groups is 1. The van der Waals surface area contributed by atoms with Crippen LogP contribution in [0.25, 0.3) is 0 Å². The van der Waals surface area contributed by atoms with Crippen molar-refractivity contribution in [2.45, 2.75) is 67.8 Å². The van der Waals surface area contributed by atoms with Gasteiger partial charge >= 0.3 is 0 Å². The molecule has 4 bridgehead atoms. The topological polar surface area (TPSA) is 84.3 Å². The number of ether oxygens (including phenoxy) is 1. The molecule has 1 aromatic rings. The maximum absolute atomic E-state index is 13.2. The van der Waals surface area contributed by atoms with Gasteiger partial charge in [0.25, 0.3) is 5.91 Å². The molecular formula is C20H27N3O3S. The second-order valence-corrected chi connectivity index (χ2v) is 9.62. The van der Waals surface area contributed by atoms with Crippen molar-refractivity contribution >= 4 is 17.7 Å². The highest BCUT2D eigenvalue weighted by molar-refractivity contribution is 7.98. The number of thioether (sulfide) groups is 1. The van der Waals surface area contributed by atoms with E-state index in [2.05, 4.69) is 15.3 Å². The monoisotopic (exact) mass is 389 g/mol. The van der Waals surface area contributed by atoms with Gasteiger partial charge in [0.15, 0.2) is 5.16 Å². The van der Waals surface area contributed by atoms with E-state index in [1.54, 1.807) is 6.20 Å². The minimum absolute atomic E-state index is 0.0855. The number of hydrogen-bond donors (Lipinski definition) is 2. The Balaban J connectivity index is 1.38. The zero-order valence-electron chi connectivity index (χ0n) is 15.7. The summed E-state index contributed by atoms with van der Waals surface area (Å²) >= 11 is 1.48. The third-order valence-electron chi connectivity index (χ3n) is 7.00. The molecule has 1 saturated heterocycles. The van der Waals surface area contributed by atoms with Crippen LogP contribution in [0, 0.1) is 17.8 Å². The Morgan fingerprint density at radius 3 is 2.74 bits per heavy atom. The molecule has 27 heavy (non-hydrogen) atoms. The molecule has 6 nitrogen and oxygen atoms in total. The summed E-state index contributed by atoms with van der Waals surface area (Å²) in [7, 11) is 0. The second-order valence-electron chi connectivity index (χ2n) is 8.85. The van der Waals surface area contributed by atoms with Gasteiger partial charge in [0.05, 0.1) is 16.9 Å². The van der Waals surface area contributed by atoms with Crippen molar-refractivity contribution in [1.82, 2.24) is 15.3 Å². The first-order chi connectivity index (χ1) is 13.0. The maximum atomic E-state index is 13.2. The van der Waals surface area contributed by atoms with Gasteiger partial charge in [0.2, 0.25) is 0 Å². The zero-order valence-corrected chi connectivity index (χ0v) is 16.5. The Bertz CT molecular complexity index is 736. The SMILES string of the molecule is CSc1ncc(C(=O)NC2C3CC4CC2CC(O)(C4)C3)c([C@@H]2CCCO2)n1. The Labute approximate surface area is 163 Å². The molecule has 0 aromatic carbocycles. The molecule has 0 spiro atoms. The number of amides is 1. The largest absolute Gasteiger partial charge is 0.390 e. The van der Waals surface area contributed by atoms with E-state index in [0.717, 1.165) is 57.2 Å². The number of nitrogens with one attached hydrogen (secondary N) is 1. The summed E-state index contributed by atoms with van der Waals surface area (Å²) in [6, 6.07) is 0.159. The van der Waals surface area contributed by atoms with Crippen molar-refractivity contribution in [2.24, 2.45) is 17.8 Å². The summed E-state index contributed by atoms with van der Waals surface area (Å²) in [5.74, 6) is 1.33. The fourth-order valence-corrected chi connectivity index (χ4v) is 6.48. The van der Waals surface area contributed by atoms with E-state index >= 15 is 0 Å². The van der Waals surface area contributed by atoms with Crippen LogP contribution < -0.4 is 5.32 Å².